The molecule has 10 nitrogen and oxygen atoms in total. The molecule has 0 bridgehead atoms. The molecular formula is C11H23O10P. The molecule has 132 valence electrons. The van der Waals surface area contributed by atoms with Crippen LogP contribution in [0, 0.1) is 0 Å². The molecule has 0 aromatic heterocycles. The van der Waals surface area contributed by atoms with E-state index in [4.69, 9.17) is 39.7 Å². The topological polar surface area (TPSA) is 193 Å². The Labute approximate surface area is 127 Å². The van der Waals surface area contributed by atoms with Gasteiger partial charge in [-0.2, -0.15) is 0 Å². The van der Waals surface area contributed by atoms with Gasteiger partial charge in [0.2, 0.25) is 0 Å². The molecule has 1 unspecified atom stereocenters. The quantitative estimate of drug-likeness (QED) is 0.264. The summed E-state index contributed by atoms with van der Waals surface area (Å²) >= 11 is 0. The highest BCUT2D eigenvalue weighted by atomic mass is 31.2. The number of phosphoric acid groups is 1. The highest BCUT2D eigenvalue weighted by Crippen LogP contribution is 2.25. The zero-order valence-corrected chi connectivity index (χ0v) is 13.4. The minimum atomic E-state index is -4.64. The monoisotopic (exact) mass is 346 g/mol. The summed E-state index contributed by atoms with van der Waals surface area (Å²) in [4.78, 5) is 40.8. The van der Waals surface area contributed by atoms with Gasteiger partial charge >= 0.3 is 19.8 Å². The number of aliphatic hydroxyl groups excluding tert-OH is 2. The third-order valence-corrected chi connectivity index (χ3v) is 0.994. The van der Waals surface area contributed by atoms with Gasteiger partial charge in [-0.1, -0.05) is 13.2 Å². The molecule has 0 aromatic rings. The van der Waals surface area contributed by atoms with Crippen LogP contribution in [0.3, 0.4) is 0 Å². The summed E-state index contributed by atoms with van der Waals surface area (Å²) in [5, 5.41) is 31.8. The van der Waals surface area contributed by atoms with E-state index in [0.717, 1.165) is 0 Å². The molecule has 0 rings (SSSR count). The second-order valence-electron chi connectivity index (χ2n) is 3.72. The lowest BCUT2D eigenvalue weighted by Gasteiger charge is -1.90. The normalized spacial score (nSPS) is 10.2. The van der Waals surface area contributed by atoms with Crippen LogP contribution in [0.25, 0.3) is 0 Å². The average Bonchev–Trinajstić information content (AvgIpc) is 2.27. The minimum absolute atomic E-state index is 0.139. The number of aliphatic hydroxyl groups is 2. The average molecular weight is 346 g/mol. The Bertz CT molecular complexity index is 339. The van der Waals surface area contributed by atoms with Crippen molar-refractivity contribution in [1.29, 1.82) is 0 Å². The maximum absolute atomic E-state index is 9.60. The molecule has 0 heterocycles. The van der Waals surface area contributed by atoms with Gasteiger partial charge in [0.15, 0.2) is 0 Å². The first kappa shape index (κ1) is 28.6. The molecule has 0 aliphatic rings. The third kappa shape index (κ3) is 78.7. The Kier molecular flexibility index (Phi) is 20.6. The number of carbonyl (C=O) groups is 2. The molecule has 22 heavy (non-hydrogen) atoms. The van der Waals surface area contributed by atoms with E-state index in [-0.39, 0.29) is 17.8 Å². The Hall–Kier alpha value is -1.55. The summed E-state index contributed by atoms with van der Waals surface area (Å²) in [6.45, 7) is 10.6. The molecule has 0 fully saturated rings. The Balaban J connectivity index is -0.0000000986. The molecule has 0 saturated carbocycles. The lowest BCUT2D eigenvalue weighted by molar-refractivity contribution is -0.133. The molecule has 11 heteroatoms. The Morgan fingerprint density at radius 1 is 1.00 bits per heavy atom. The van der Waals surface area contributed by atoms with Crippen LogP contribution in [0.1, 0.15) is 20.8 Å². The molecule has 0 saturated heterocycles. The summed E-state index contributed by atoms with van der Waals surface area (Å²) < 4.78 is 8.88. The van der Waals surface area contributed by atoms with Crippen LogP contribution in [0.4, 0.5) is 0 Å². The van der Waals surface area contributed by atoms with Gasteiger partial charge in [0.1, 0.15) is 0 Å². The molecule has 0 aliphatic heterocycles. The second kappa shape index (κ2) is 15.8. The number of rotatable bonds is 3. The fraction of sp³-hybridized carbons (Fsp3) is 0.455. The molecule has 0 amide bonds. The van der Waals surface area contributed by atoms with Crippen molar-refractivity contribution in [2.75, 3.05) is 6.61 Å². The molecule has 0 radical (unpaired) electrons. The molecule has 0 aliphatic carbocycles. The highest BCUT2D eigenvalue weighted by molar-refractivity contribution is 7.45. The standard InChI is InChI=1S/2C4H6O2.C3H8O2.H3O4P/c2*1-3(2)4(5)6;1-3(5)2-4;1-5(2,3)4/h2*1H2,2H3,(H,5,6);3-5H,2H2,1H3;(H3,1,2,3,4). The second-order valence-corrected chi connectivity index (χ2v) is 4.74. The van der Waals surface area contributed by atoms with Crippen molar-refractivity contribution in [3.05, 3.63) is 24.3 Å². The molecular weight excluding hydrogens is 323 g/mol. The van der Waals surface area contributed by atoms with E-state index in [0.29, 0.717) is 0 Å². The van der Waals surface area contributed by atoms with Crippen molar-refractivity contribution >= 4 is 19.8 Å². The predicted octanol–water partition coefficient (Wildman–Crippen LogP) is -0.275. The van der Waals surface area contributed by atoms with Gasteiger partial charge in [0.25, 0.3) is 0 Å². The maximum atomic E-state index is 9.60. The summed E-state index contributed by atoms with van der Waals surface area (Å²) in [5.74, 6) is -1.87. The lowest BCUT2D eigenvalue weighted by atomic mass is 10.4. The third-order valence-electron chi connectivity index (χ3n) is 0.994. The van der Waals surface area contributed by atoms with Crippen molar-refractivity contribution < 1.29 is 49.3 Å². The van der Waals surface area contributed by atoms with Crippen LogP contribution in [0.2, 0.25) is 0 Å². The minimum Gasteiger partial charge on any atom is -0.478 e. The molecule has 0 aromatic carbocycles. The number of hydrogen-bond donors (Lipinski definition) is 7. The van der Waals surface area contributed by atoms with Crippen LogP contribution in [-0.4, -0.2) is 59.8 Å². The van der Waals surface area contributed by atoms with Crippen LogP contribution >= 0.6 is 7.82 Å². The van der Waals surface area contributed by atoms with Crippen LogP contribution < -0.4 is 0 Å². The van der Waals surface area contributed by atoms with E-state index in [9.17, 15) is 9.59 Å². The van der Waals surface area contributed by atoms with Crippen molar-refractivity contribution in [3.63, 3.8) is 0 Å². The summed E-state index contributed by atoms with van der Waals surface area (Å²) in [5.41, 5.74) is 0.352. The van der Waals surface area contributed by atoms with Gasteiger partial charge in [-0.25, -0.2) is 14.2 Å². The van der Waals surface area contributed by atoms with Gasteiger partial charge in [-0.05, 0) is 20.8 Å². The van der Waals surface area contributed by atoms with Crippen molar-refractivity contribution in [2.45, 2.75) is 26.9 Å². The lowest BCUT2D eigenvalue weighted by Crippen LogP contribution is -2.03. The molecule has 7 N–H and O–H groups in total. The van der Waals surface area contributed by atoms with Crippen molar-refractivity contribution in [1.82, 2.24) is 0 Å². The van der Waals surface area contributed by atoms with E-state index in [1.54, 1.807) is 0 Å². The van der Waals surface area contributed by atoms with Crippen molar-refractivity contribution in [3.8, 4) is 0 Å². The number of hydrogen-bond acceptors (Lipinski definition) is 5. The van der Waals surface area contributed by atoms with Crippen molar-refractivity contribution in [2.24, 2.45) is 0 Å². The number of aliphatic carboxylic acids is 2. The maximum Gasteiger partial charge on any atom is 0.466 e. The highest BCUT2D eigenvalue weighted by Gasteiger charge is 2.00. The largest absolute Gasteiger partial charge is 0.478 e. The van der Waals surface area contributed by atoms with Gasteiger partial charge in [-0.3, -0.25) is 0 Å². The number of carboxylic acid groups (broad SMARTS) is 2. The van der Waals surface area contributed by atoms with Crippen LogP contribution in [-0.2, 0) is 14.2 Å². The zero-order chi connectivity index (χ0) is 19.1. The van der Waals surface area contributed by atoms with Gasteiger partial charge < -0.3 is 35.1 Å². The van der Waals surface area contributed by atoms with Gasteiger partial charge in [0, 0.05) is 11.1 Å². The zero-order valence-electron chi connectivity index (χ0n) is 12.5. The summed E-state index contributed by atoms with van der Waals surface area (Å²) in [6, 6.07) is 0. The van der Waals surface area contributed by atoms with Crippen LogP contribution in [0.15, 0.2) is 24.3 Å². The molecule has 1 atom stereocenters. The fourth-order valence-electron chi connectivity index (χ4n) is 0. The Morgan fingerprint density at radius 2 is 1.09 bits per heavy atom. The number of carboxylic acids is 2. The predicted molar refractivity (Wildman–Crippen MR) is 77.9 cm³/mol. The van der Waals surface area contributed by atoms with Gasteiger partial charge in [-0.15, -0.1) is 0 Å². The van der Waals surface area contributed by atoms with E-state index in [1.165, 1.54) is 20.8 Å². The first-order chi connectivity index (χ1) is 9.56. The SMILES string of the molecule is C=C(C)C(=O)O.C=C(C)C(=O)O.CC(O)CO.O=P(O)(O)O. The van der Waals surface area contributed by atoms with E-state index in [1.807, 2.05) is 0 Å². The molecule has 0 spiro atoms. The van der Waals surface area contributed by atoms with E-state index < -0.39 is 25.9 Å². The first-order valence-electron chi connectivity index (χ1n) is 5.41. The summed E-state index contributed by atoms with van der Waals surface area (Å²) in [6.07, 6.45) is -0.560. The summed E-state index contributed by atoms with van der Waals surface area (Å²) in [7, 11) is -4.64. The van der Waals surface area contributed by atoms with Gasteiger partial charge in [0.05, 0.1) is 12.7 Å². The smallest absolute Gasteiger partial charge is 0.466 e. The fourth-order valence-corrected chi connectivity index (χ4v) is 0. The Morgan fingerprint density at radius 3 is 1.09 bits per heavy atom. The first-order valence-corrected chi connectivity index (χ1v) is 6.97. The van der Waals surface area contributed by atoms with Crippen LogP contribution in [0.5, 0.6) is 0 Å². The van der Waals surface area contributed by atoms with E-state index in [2.05, 4.69) is 13.2 Å². The van der Waals surface area contributed by atoms with E-state index >= 15 is 0 Å².